The van der Waals surface area contributed by atoms with Gasteiger partial charge in [0.1, 0.15) is 0 Å². The number of likely N-dealkylation sites (tertiary alicyclic amines) is 1. The minimum absolute atomic E-state index is 0.0237. The van der Waals surface area contributed by atoms with Gasteiger partial charge in [0.05, 0.1) is 11.7 Å². The first kappa shape index (κ1) is 18.1. The van der Waals surface area contributed by atoms with E-state index >= 15 is 0 Å². The summed E-state index contributed by atoms with van der Waals surface area (Å²) in [4.78, 5) is 30.3. The number of amides is 2. The normalized spacial score (nSPS) is 16.7. The fourth-order valence-corrected chi connectivity index (χ4v) is 3.36. The van der Waals surface area contributed by atoms with Crippen LogP contribution in [0.1, 0.15) is 60.2 Å². The van der Waals surface area contributed by atoms with Crippen molar-refractivity contribution in [3.8, 4) is 0 Å². The van der Waals surface area contributed by atoms with E-state index in [2.05, 4.69) is 15.4 Å². The topological polar surface area (TPSA) is 80.1 Å². The molecule has 1 aliphatic heterocycles. The van der Waals surface area contributed by atoms with Crippen molar-refractivity contribution in [1.29, 1.82) is 0 Å². The summed E-state index contributed by atoms with van der Waals surface area (Å²) in [5, 5.41) is 7.18. The lowest BCUT2D eigenvalue weighted by Gasteiger charge is -2.23. The number of aryl methyl sites for hydroxylation is 2. The van der Waals surface area contributed by atoms with E-state index in [-0.39, 0.29) is 17.9 Å². The standard InChI is InChI=1S/C19H25N5O2/c1-4-24-13(2)10-17(22-24)19(26)23-9-5-6-18(23)16-8-7-15(12-21-16)11-20-14(3)25/h7-8,10,12,18H,4-6,9,11H2,1-3H3,(H,20,25)/t18-/m1/s1. The van der Waals surface area contributed by atoms with E-state index in [0.717, 1.165) is 42.9 Å². The van der Waals surface area contributed by atoms with Crippen LogP contribution in [0.5, 0.6) is 0 Å². The van der Waals surface area contributed by atoms with Crippen molar-refractivity contribution in [2.45, 2.75) is 52.7 Å². The maximum absolute atomic E-state index is 12.9. The quantitative estimate of drug-likeness (QED) is 0.892. The minimum Gasteiger partial charge on any atom is -0.352 e. The van der Waals surface area contributed by atoms with Gasteiger partial charge in [-0.3, -0.25) is 19.3 Å². The summed E-state index contributed by atoms with van der Waals surface area (Å²) in [5.41, 5.74) is 3.32. The lowest BCUT2D eigenvalue weighted by atomic mass is 10.1. The van der Waals surface area contributed by atoms with Gasteiger partial charge in [0.2, 0.25) is 5.91 Å². The molecule has 2 amide bonds. The molecule has 0 aromatic carbocycles. The van der Waals surface area contributed by atoms with Crippen LogP contribution in [0.15, 0.2) is 24.4 Å². The van der Waals surface area contributed by atoms with Crippen molar-refractivity contribution in [3.63, 3.8) is 0 Å². The zero-order valence-corrected chi connectivity index (χ0v) is 15.5. The van der Waals surface area contributed by atoms with E-state index in [0.29, 0.717) is 12.2 Å². The van der Waals surface area contributed by atoms with Crippen molar-refractivity contribution in [3.05, 3.63) is 47.0 Å². The van der Waals surface area contributed by atoms with Crippen molar-refractivity contribution in [1.82, 2.24) is 25.0 Å². The fourth-order valence-electron chi connectivity index (χ4n) is 3.36. The largest absolute Gasteiger partial charge is 0.352 e. The molecule has 0 spiro atoms. The monoisotopic (exact) mass is 355 g/mol. The van der Waals surface area contributed by atoms with Crippen molar-refractivity contribution < 1.29 is 9.59 Å². The highest BCUT2D eigenvalue weighted by molar-refractivity contribution is 5.92. The summed E-state index contributed by atoms with van der Waals surface area (Å²) in [6.45, 7) is 7.40. The summed E-state index contributed by atoms with van der Waals surface area (Å²) in [5.74, 6) is -0.102. The van der Waals surface area contributed by atoms with Gasteiger partial charge in [0, 0.05) is 38.4 Å². The third-order valence-corrected chi connectivity index (χ3v) is 4.74. The van der Waals surface area contributed by atoms with Gasteiger partial charge in [-0.2, -0.15) is 5.10 Å². The van der Waals surface area contributed by atoms with Crippen LogP contribution in [0.25, 0.3) is 0 Å². The molecule has 26 heavy (non-hydrogen) atoms. The first-order chi connectivity index (χ1) is 12.5. The predicted molar refractivity (Wildman–Crippen MR) is 97.4 cm³/mol. The van der Waals surface area contributed by atoms with E-state index in [1.807, 2.05) is 41.6 Å². The summed E-state index contributed by atoms with van der Waals surface area (Å²) in [6, 6.07) is 5.73. The molecule has 1 atom stereocenters. The first-order valence-corrected chi connectivity index (χ1v) is 9.04. The number of nitrogens with one attached hydrogen (secondary N) is 1. The number of pyridine rings is 1. The number of hydrogen-bond donors (Lipinski definition) is 1. The van der Waals surface area contributed by atoms with Crippen molar-refractivity contribution in [2.24, 2.45) is 0 Å². The Balaban J connectivity index is 1.75. The molecule has 7 nitrogen and oxygen atoms in total. The molecule has 138 valence electrons. The zero-order chi connectivity index (χ0) is 18.7. The number of hydrogen-bond acceptors (Lipinski definition) is 4. The molecule has 7 heteroatoms. The van der Waals surface area contributed by atoms with Gasteiger partial charge in [-0.1, -0.05) is 6.07 Å². The zero-order valence-electron chi connectivity index (χ0n) is 15.5. The van der Waals surface area contributed by atoms with Crippen LogP contribution in [0.2, 0.25) is 0 Å². The van der Waals surface area contributed by atoms with E-state index < -0.39 is 0 Å². The number of aromatic nitrogens is 3. The third-order valence-electron chi connectivity index (χ3n) is 4.74. The average molecular weight is 355 g/mol. The SMILES string of the molecule is CCn1nc(C(=O)N2CCC[C@@H]2c2ccc(CNC(C)=O)cn2)cc1C. The smallest absolute Gasteiger partial charge is 0.274 e. The van der Waals surface area contributed by atoms with Gasteiger partial charge in [-0.25, -0.2) is 0 Å². The van der Waals surface area contributed by atoms with E-state index in [1.165, 1.54) is 6.92 Å². The van der Waals surface area contributed by atoms with Crippen molar-refractivity contribution in [2.75, 3.05) is 6.54 Å². The molecule has 1 N–H and O–H groups in total. The third kappa shape index (κ3) is 3.76. The van der Waals surface area contributed by atoms with Crippen LogP contribution in [-0.4, -0.2) is 38.0 Å². The van der Waals surface area contributed by atoms with Gasteiger partial charge >= 0.3 is 0 Å². The van der Waals surface area contributed by atoms with Crippen LogP contribution in [0.3, 0.4) is 0 Å². The second-order valence-electron chi connectivity index (χ2n) is 6.64. The molecule has 0 radical (unpaired) electrons. The molecule has 2 aromatic heterocycles. The number of carbonyl (C=O) groups excluding carboxylic acids is 2. The van der Waals surface area contributed by atoms with Gasteiger partial charge < -0.3 is 10.2 Å². The predicted octanol–water partition coefficient (Wildman–Crippen LogP) is 2.22. The lowest BCUT2D eigenvalue weighted by molar-refractivity contribution is -0.119. The van der Waals surface area contributed by atoms with Crippen molar-refractivity contribution >= 4 is 11.8 Å². The Morgan fingerprint density at radius 3 is 2.77 bits per heavy atom. The first-order valence-electron chi connectivity index (χ1n) is 9.04. The van der Waals surface area contributed by atoms with Crippen LogP contribution >= 0.6 is 0 Å². The van der Waals surface area contributed by atoms with Gasteiger partial charge in [0.15, 0.2) is 5.69 Å². The fraction of sp³-hybridized carbons (Fsp3) is 0.474. The Bertz CT molecular complexity index is 797. The highest BCUT2D eigenvalue weighted by atomic mass is 16.2. The molecule has 0 saturated carbocycles. The number of nitrogens with zero attached hydrogens (tertiary/aromatic N) is 4. The second-order valence-corrected chi connectivity index (χ2v) is 6.64. The highest BCUT2D eigenvalue weighted by Gasteiger charge is 2.32. The Labute approximate surface area is 153 Å². The average Bonchev–Trinajstić information content (AvgIpc) is 3.26. The molecular weight excluding hydrogens is 330 g/mol. The molecule has 1 fully saturated rings. The van der Waals surface area contributed by atoms with Gasteiger partial charge in [-0.05, 0) is 44.4 Å². The van der Waals surface area contributed by atoms with Crippen LogP contribution < -0.4 is 5.32 Å². The molecule has 0 bridgehead atoms. The lowest BCUT2D eigenvalue weighted by Crippen LogP contribution is -2.31. The minimum atomic E-state index is -0.0662. The van der Waals surface area contributed by atoms with E-state index in [9.17, 15) is 9.59 Å². The summed E-state index contributed by atoms with van der Waals surface area (Å²) < 4.78 is 1.84. The molecule has 3 rings (SSSR count). The summed E-state index contributed by atoms with van der Waals surface area (Å²) >= 11 is 0. The maximum Gasteiger partial charge on any atom is 0.274 e. The summed E-state index contributed by atoms with van der Waals surface area (Å²) in [7, 11) is 0. The molecule has 1 aliphatic rings. The highest BCUT2D eigenvalue weighted by Crippen LogP contribution is 2.32. The van der Waals surface area contributed by atoms with Gasteiger partial charge in [0.25, 0.3) is 5.91 Å². The molecule has 3 heterocycles. The van der Waals surface area contributed by atoms with Crippen LogP contribution in [-0.2, 0) is 17.9 Å². The number of rotatable bonds is 5. The molecular formula is C19H25N5O2. The van der Waals surface area contributed by atoms with Crippen LogP contribution in [0.4, 0.5) is 0 Å². The second kappa shape index (κ2) is 7.68. The Hall–Kier alpha value is -2.70. The Morgan fingerprint density at radius 1 is 1.35 bits per heavy atom. The Kier molecular flexibility index (Phi) is 5.35. The summed E-state index contributed by atoms with van der Waals surface area (Å²) in [6.07, 6.45) is 3.62. The Morgan fingerprint density at radius 2 is 2.15 bits per heavy atom. The maximum atomic E-state index is 12.9. The van der Waals surface area contributed by atoms with Crippen LogP contribution in [0, 0.1) is 6.92 Å². The molecule has 2 aromatic rings. The van der Waals surface area contributed by atoms with Gasteiger partial charge in [-0.15, -0.1) is 0 Å². The molecule has 0 unspecified atom stereocenters. The van der Waals surface area contributed by atoms with E-state index in [1.54, 1.807) is 6.20 Å². The molecule has 1 saturated heterocycles. The number of carbonyl (C=O) groups is 2. The van der Waals surface area contributed by atoms with E-state index in [4.69, 9.17) is 0 Å². The molecule has 0 aliphatic carbocycles.